The van der Waals surface area contributed by atoms with Gasteiger partial charge in [-0.1, -0.05) is 23.2 Å². The van der Waals surface area contributed by atoms with Gasteiger partial charge in [0.05, 0.1) is 16.3 Å². The quantitative estimate of drug-likeness (QED) is 0.699. The van der Waals surface area contributed by atoms with Crippen molar-refractivity contribution < 1.29 is 4.79 Å². The van der Waals surface area contributed by atoms with E-state index in [2.05, 4.69) is 20.2 Å². The molecule has 2 aromatic heterocycles. The number of benzene rings is 1. The Morgan fingerprint density at radius 2 is 2.11 bits per heavy atom. The number of halogens is 2. The van der Waals surface area contributed by atoms with Gasteiger partial charge in [-0.15, -0.1) is 0 Å². The Labute approximate surface area is 173 Å². The number of aromatic nitrogens is 3. The lowest BCUT2D eigenvalue weighted by molar-refractivity contribution is 0.0933. The monoisotopic (exact) mass is 415 g/mol. The molecule has 0 saturated carbocycles. The van der Waals surface area contributed by atoms with Gasteiger partial charge in [0.25, 0.3) is 5.91 Å². The summed E-state index contributed by atoms with van der Waals surface area (Å²) in [5, 5.41) is 4.35. The van der Waals surface area contributed by atoms with Crippen LogP contribution in [0.4, 0.5) is 5.69 Å². The Kier molecular flexibility index (Phi) is 5.50. The highest BCUT2D eigenvalue weighted by Crippen LogP contribution is 2.30. The van der Waals surface area contributed by atoms with Crippen LogP contribution in [-0.4, -0.2) is 39.6 Å². The van der Waals surface area contributed by atoms with Crippen LogP contribution in [0.2, 0.25) is 10.0 Å². The molecular weight excluding hydrogens is 397 g/mol. The first-order chi connectivity index (χ1) is 13.6. The number of hydrogen-bond donors (Lipinski definition) is 1. The molecule has 1 N–H and O–H groups in total. The molecule has 1 amide bonds. The number of carbonyl (C=O) groups excluding carboxylic acids is 1. The molecule has 0 bridgehead atoms. The van der Waals surface area contributed by atoms with Crippen LogP contribution in [0.15, 0.2) is 55.2 Å². The molecule has 6 nitrogen and oxygen atoms in total. The van der Waals surface area contributed by atoms with E-state index in [-0.39, 0.29) is 11.9 Å². The molecular formula is C20H19Cl2N5O. The van der Waals surface area contributed by atoms with Crippen LogP contribution in [0.25, 0.3) is 5.82 Å². The lowest BCUT2D eigenvalue weighted by Crippen LogP contribution is -2.48. The van der Waals surface area contributed by atoms with E-state index in [9.17, 15) is 4.79 Å². The molecule has 1 aliphatic rings. The molecule has 8 heteroatoms. The number of carbonyl (C=O) groups is 1. The van der Waals surface area contributed by atoms with Gasteiger partial charge in [-0.2, -0.15) is 0 Å². The molecule has 4 rings (SSSR count). The molecule has 144 valence electrons. The fourth-order valence-corrected chi connectivity index (χ4v) is 3.92. The van der Waals surface area contributed by atoms with Gasteiger partial charge in [0.2, 0.25) is 0 Å². The number of nitrogens with one attached hydrogen (secondary N) is 1. The maximum atomic E-state index is 12.6. The first-order valence-electron chi connectivity index (χ1n) is 9.05. The first kappa shape index (κ1) is 18.8. The molecule has 28 heavy (non-hydrogen) atoms. The largest absolute Gasteiger partial charge is 0.368 e. The fourth-order valence-electron chi connectivity index (χ4n) is 3.39. The molecule has 1 saturated heterocycles. The highest BCUT2D eigenvalue weighted by molar-refractivity contribution is 6.36. The average molecular weight is 416 g/mol. The van der Waals surface area contributed by atoms with E-state index in [1.807, 2.05) is 12.1 Å². The summed E-state index contributed by atoms with van der Waals surface area (Å²) in [5.74, 6) is 0.592. The minimum absolute atomic E-state index is 0.0429. The Morgan fingerprint density at radius 1 is 1.21 bits per heavy atom. The lowest BCUT2D eigenvalue weighted by Gasteiger charge is -2.35. The van der Waals surface area contributed by atoms with Crippen molar-refractivity contribution in [3.63, 3.8) is 0 Å². The van der Waals surface area contributed by atoms with Crippen LogP contribution in [-0.2, 0) is 0 Å². The van der Waals surface area contributed by atoms with E-state index in [1.54, 1.807) is 47.7 Å². The van der Waals surface area contributed by atoms with Crippen LogP contribution in [0.5, 0.6) is 0 Å². The molecule has 1 atom stereocenters. The minimum atomic E-state index is -0.126. The zero-order valence-electron chi connectivity index (χ0n) is 15.1. The number of piperidine rings is 1. The average Bonchev–Trinajstić information content (AvgIpc) is 3.23. The summed E-state index contributed by atoms with van der Waals surface area (Å²) in [5.41, 5.74) is 1.47. The molecule has 1 unspecified atom stereocenters. The number of hydrogen-bond acceptors (Lipinski definition) is 4. The molecule has 3 heterocycles. The molecule has 1 aromatic carbocycles. The third kappa shape index (κ3) is 4.13. The van der Waals surface area contributed by atoms with Crippen LogP contribution in [0.1, 0.15) is 23.2 Å². The summed E-state index contributed by atoms with van der Waals surface area (Å²) in [6.45, 7) is 1.60. The minimum Gasteiger partial charge on any atom is -0.368 e. The predicted molar refractivity (Wildman–Crippen MR) is 111 cm³/mol. The summed E-state index contributed by atoms with van der Waals surface area (Å²) in [7, 11) is 0. The van der Waals surface area contributed by atoms with E-state index in [1.165, 1.54) is 0 Å². The maximum absolute atomic E-state index is 12.6. The highest BCUT2D eigenvalue weighted by atomic mass is 35.5. The van der Waals surface area contributed by atoms with Crippen molar-refractivity contribution in [2.24, 2.45) is 0 Å². The Balaban J connectivity index is 1.41. The first-order valence-corrected chi connectivity index (χ1v) is 9.81. The third-order valence-electron chi connectivity index (χ3n) is 4.79. The van der Waals surface area contributed by atoms with Crippen molar-refractivity contribution >= 4 is 34.8 Å². The molecule has 1 fully saturated rings. The van der Waals surface area contributed by atoms with Gasteiger partial charge in [-0.05, 0) is 43.2 Å². The second kappa shape index (κ2) is 8.20. The van der Waals surface area contributed by atoms with Gasteiger partial charge in [0.1, 0.15) is 12.1 Å². The number of pyridine rings is 1. The van der Waals surface area contributed by atoms with E-state index >= 15 is 0 Å². The van der Waals surface area contributed by atoms with Crippen molar-refractivity contribution in [2.75, 3.05) is 18.0 Å². The number of nitrogens with zero attached hydrogens (tertiary/aromatic N) is 4. The van der Waals surface area contributed by atoms with E-state index in [4.69, 9.17) is 23.2 Å². The molecule has 0 radical (unpaired) electrons. The van der Waals surface area contributed by atoms with Gasteiger partial charge in [-0.3, -0.25) is 9.36 Å². The van der Waals surface area contributed by atoms with Gasteiger partial charge in [-0.25, -0.2) is 9.97 Å². The van der Waals surface area contributed by atoms with E-state index < -0.39 is 0 Å². The molecule has 1 aliphatic heterocycles. The molecule has 0 aliphatic carbocycles. The fraction of sp³-hybridized carbons (Fsp3) is 0.250. The summed E-state index contributed by atoms with van der Waals surface area (Å²) >= 11 is 12.3. The highest BCUT2D eigenvalue weighted by Gasteiger charge is 2.23. The molecule has 0 spiro atoms. The van der Waals surface area contributed by atoms with E-state index in [0.29, 0.717) is 22.2 Å². The van der Waals surface area contributed by atoms with Gasteiger partial charge < -0.3 is 10.2 Å². The number of imidazole rings is 1. The maximum Gasteiger partial charge on any atom is 0.253 e. The predicted octanol–water partition coefficient (Wildman–Crippen LogP) is 3.97. The Morgan fingerprint density at radius 3 is 2.82 bits per heavy atom. The van der Waals surface area contributed by atoms with Gasteiger partial charge >= 0.3 is 0 Å². The van der Waals surface area contributed by atoms with Crippen molar-refractivity contribution in [1.29, 1.82) is 0 Å². The van der Waals surface area contributed by atoms with Crippen molar-refractivity contribution in [3.05, 3.63) is 70.9 Å². The third-order valence-corrected chi connectivity index (χ3v) is 5.32. The smallest absolute Gasteiger partial charge is 0.253 e. The van der Waals surface area contributed by atoms with Crippen LogP contribution >= 0.6 is 23.2 Å². The zero-order valence-corrected chi connectivity index (χ0v) is 16.6. The van der Waals surface area contributed by atoms with Crippen molar-refractivity contribution in [3.8, 4) is 5.82 Å². The van der Waals surface area contributed by atoms with Crippen LogP contribution in [0, 0.1) is 0 Å². The normalized spacial score (nSPS) is 16.8. The second-order valence-corrected chi connectivity index (χ2v) is 7.57. The van der Waals surface area contributed by atoms with Crippen LogP contribution in [0.3, 0.4) is 0 Å². The SMILES string of the molecule is O=C(NC1CCCN(c2ccc(Cl)cc2Cl)C1)c1ccc(-n2ccnc2)nc1. The van der Waals surface area contributed by atoms with Crippen molar-refractivity contribution in [1.82, 2.24) is 19.9 Å². The Bertz CT molecular complexity index is 959. The summed E-state index contributed by atoms with van der Waals surface area (Å²) in [4.78, 5) is 23.2. The summed E-state index contributed by atoms with van der Waals surface area (Å²) < 4.78 is 1.79. The molecule has 3 aromatic rings. The number of amides is 1. The van der Waals surface area contributed by atoms with Crippen molar-refractivity contribution in [2.45, 2.75) is 18.9 Å². The number of anilines is 1. The summed E-state index contributed by atoms with van der Waals surface area (Å²) in [6, 6.07) is 9.12. The van der Waals surface area contributed by atoms with Gasteiger partial charge in [0.15, 0.2) is 0 Å². The topological polar surface area (TPSA) is 63.1 Å². The standard InChI is InChI=1S/C20H19Cl2N5O/c21-15-4-5-18(17(22)10-15)26-8-1-2-16(12-26)25-20(28)14-3-6-19(24-11-14)27-9-7-23-13-27/h3-7,9-11,13,16H,1-2,8,12H2,(H,25,28). The van der Waals surface area contributed by atoms with Gasteiger partial charge in [0, 0.05) is 42.7 Å². The number of rotatable bonds is 4. The van der Waals surface area contributed by atoms with Crippen LogP contribution < -0.4 is 10.2 Å². The second-order valence-electron chi connectivity index (χ2n) is 6.73. The lowest BCUT2D eigenvalue weighted by atomic mass is 10.0. The summed E-state index contributed by atoms with van der Waals surface area (Å²) in [6.07, 6.45) is 8.64. The van der Waals surface area contributed by atoms with E-state index in [0.717, 1.165) is 30.9 Å². The Hall–Kier alpha value is -2.57. The zero-order chi connectivity index (χ0) is 19.5.